The fourth-order valence-electron chi connectivity index (χ4n) is 2.51. The zero-order valence-electron chi connectivity index (χ0n) is 13.4. The SMILES string of the molecule is Cc1ccc(C)c(S(=O)(=O)NCC2CN(c3cccs3)C(=O)O2)c1. The van der Waals surface area contributed by atoms with Crippen LogP contribution in [-0.4, -0.2) is 33.7 Å². The number of carbonyl (C=O) groups is 1. The number of anilines is 1. The van der Waals surface area contributed by atoms with Gasteiger partial charge < -0.3 is 4.74 Å². The van der Waals surface area contributed by atoms with Gasteiger partial charge in [-0.15, -0.1) is 11.3 Å². The van der Waals surface area contributed by atoms with Crippen LogP contribution in [0.5, 0.6) is 0 Å². The van der Waals surface area contributed by atoms with E-state index < -0.39 is 22.2 Å². The van der Waals surface area contributed by atoms with Crippen LogP contribution in [0.15, 0.2) is 40.6 Å². The maximum Gasteiger partial charge on any atom is 0.415 e. The molecule has 1 N–H and O–H groups in total. The molecule has 1 saturated heterocycles. The third kappa shape index (κ3) is 3.45. The van der Waals surface area contributed by atoms with E-state index in [0.29, 0.717) is 12.1 Å². The van der Waals surface area contributed by atoms with Crippen molar-refractivity contribution >= 4 is 32.5 Å². The first-order valence-electron chi connectivity index (χ1n) is 7.45. The molecular weight excluding hydrogens is 348 g/mol. The number of rotatable bonds is 5. The number of carbonyl (C=O) groups excluding carboxylic acids is 1. The summed E-state index contributed by atoms with van der Waals surface area (Å²) in [6.45, 7) is 3.97. The first-order valence-corrected chi connectivity index (χ1v) is 9.82. The number of sulfonamides is 1. The highest BCUT2D eigenvalue weighted by Gasteiger charge is 2.33. The highest BCUT2D eigenvalue weighted by Crippen LogP contribution is 2.26. The van der Waals surface area contributed by atoms with Gasteiger partial charge in [0.2, 0.25) is 10.0 Å². The Bertz CT molecular complexity index is 847. The quantitative estimate of drug-likeness (QED) is 0.883. The number of thiophene rings is 1. The summed E-state index contributed by atoms with van der Waals surface area (Å²) in [5, 5.41) is 2.67. The number of nitrogens with zero attached hydrogens (tertiary/aromatic N) is 1. The van der Waals surface area contributed by atoms with Crippen molar-refractivity contribution in [3.05, 3.63) is 46.8 Å². The van der Waals surface area contributed by atoms with Gasteiger partial charge in [-0.3, -0.25) is 4.90 Å². The number of aryl methyl sites for hydroxylation is 2. The topological polar surface area (TPSA) is 75.7 Å². The normalized spacial score (nSPS) is 18.0. The van der Waals surface area contributed by atoms with Gasteiger partial charge in [-0.05, 0) is 48.6 Å². The summed E-state index contributed by atoms with van der Waals surface area (Å²) in [5.41, 5.74) is 1.55. The number of hydrogen-bond donors (Lipinski definition) is 1. The first kappa shape index (κ1) is 16.9. The van der Waals surface area contributed by atoms with Gasteiger partial charge in [-0.2, -0.15) is 0 Å². The van der Waals surface area contributed by atoms with E-state index >= 15 is 0 Å². The van der Waals surface area contributed by atoms with E-state index in [0.717, 1.165) is 10.6 Å². The van der Waals surface area contributed by atoms with Crippen molar-refractivity contribution in [1.29, 1.82) is 0 Å². The fraction of sp³-hybridized carbons (Fsp3) is 0.312. The van der Waals surface area contributed by atoms with Crippen molar-refractivity contribution in [2.45, 2.75) is 24.8 Å². The fourth-order valence-corrected chi connectivity index (χ4v) is 4.63. The van der Waals surface area contributed by atoms with Crippen LogP contribution in [0.1, 0.15) is 11.1 Å². The van der Waals surface area contributed by atoms with Crippen molar-refractivity contribution in [2.75, 3.05) is 18.0 Å². The second kappa shape index (κ2) is 6.54. The lowest BCUT2D eigenvalue weighted by Crippen LogP contribution is -2.34. The van der Waals surface area contributed by atoms with Gasteiger partial charge in [-0.1, -0.05) is 12.1 Å². The van der Waals surface area contributed by atoms with Crippen LogP contribution in [0, 0.1) is 13.8 Å². The molecule has 1 atom stereocenters. The molecule has 1 aromatic heterocycles. The molecule has 1 amide bonds. The Morgan fingerprint density at radius 2 is 2.12 bits per heavy atom. The smallest absolute Gasteiger partial charge is 0.415 e. The minimum atomic E-state index is -3.65. The van der Waals surface area contributed by atoms with E-state index in [1.807, 2.05) is 30.5 Å². The predicted octanol–water partition coefficient (Wildman–Crippen LogP) is 2.67. The Morgan fingerprint density at radius 1 is 1.33 bits per heavy atom. The second-order valence-electron chi connectivity index (χ2n) is 5.69. The maximum atomic E-state index is 12.5. The maximum absolute atomic E-state index is 12.5. The van der Waals surface area contributed by atoms with Gasteiger partial charge in [0.15, 0.2) is 0 Å². The molecule has 6 nitrogen and oxygen atoms in total. The van der Waals surface area contributed by atoms with Gasteiger partial charge in [0.25, 0.3) is 0 Å². The van der Waals surface area contributed by atoms with Crippen LogP contribution in [0.2, 0.25) is 0 Å². The lowest BCUT2D eigenvalue weighted by molar-refractivity contribution is 0.143. The molecule has 3 rings (SSSR count). The lowest BCUT2D eigenvalue weighted by Gasteiger charge is -2.13. The minimum absolute atomic E-state index is 0.0450. The standard InChI is InChI=1S/C16H18N2O4S2/c1-11-5-6-12(2)14(8-11)24(20,21)17-9-13-10-18(16(19)22-13)15-4-3-7-23-15/h3-8,13,17H,9-10H2,1-2H3. The van der Waals surface area contributed by atoms with Crippen LogP contribution < -0.4 is 9.62 Å². The third-order valence-electron chi connectivity index (χ3n) is 3.78. The lowest BCUT2D eigenvalue weighted by atomic mass is 10.2. The Balaban J connectivity index is 1.67. The molecule has 0 aliphatic carbocycles. The van der Waals surface area contributed by atoms with Gasteiger partial charge >= 0.3 is 6.09 Å². The third-order valence-corrected chi connectivity index (χ3v) is 6.24. The second-order valence-corrected chi connectivity index (χ2v) is 8.35. The molecule has 1 aliphatic heterocycles. The van der Waals surface area contributed by atoms with Crippen molar-refractivity contribution in [1.82, 2.24) is 4.72 Å². The molecule has 0 saturated carbocycles. The molecule has 1 fully saturated rings. The molecule has 128 valence electrons. The van der Waals surface area contributed by atoms with Gasteiger partial charge in [0.1, 0.15) is 11.1 Å². The number of amides is 1. The molecule has 2 heterocycles. The van der Waals surface area contributed by atoms with Crippen LogP contribution >= 0.6 is 11.3 Å². The molecule has 1 unspecified atom stereocenters. The minimum Gasteiger partial charge on any atom is -0.443 e. The summed E-state index contributed by atoms with van der Waals surface area (Å²) in [5.74, 6) is 0. The summed E-state index contributed by atoms with van der Waals surface area (Å²) >= 11 is 1.44. The molecular formula is C16H18N2O4S2. The van der Waals surface area contributed by atoms with Crippen molar-refractivity contribution in [3.63, 3.8) is 0 Å². The molecule has 2 aromatic rings. The van der Waals surface area contributed by atoms with Crippen molar-refractivity contribution in [2.24, 2.45) is 0 Å². The van der Waals surface area contributed by atoms with Crippen LogP contribution in [0.25, 0.3) is 0 Å². The zero-order chi connectivity index (χ0) is 17.3. The highest BCUT2D eigenvalue weighted by molar-refractivity contribution is 7.89. The Hall–Kier alpha value is -1.90. The number of cyclic esters (lactones) is 1. The van der Waals surface area contributed by atoms with E-state index in [1.54, 1.807) is 19.1 Å². The summed E-state index contributed by atoms with van der Waals surface area (Å²) in [4.78, 5) is 13.7. The summed E-state index contributed by atoms with van der Waals surface area (Å²) in [7, 11) is -3.65. The Kier molecular flexibility index (Phi) is 4.62. The Morgan fingerprint density at radius 3 is 2.83 bits per heavy atom. The average Bonchev–Trinajstić information content (AvgIpc) is 3.17. The van der Waals surface area contributed by atoms with Crippen LogP contribution in [0.3, 0.4) is 0 Å². The summed E-state index contributed by atoms with van der Waals surface area (Å²) in [6.07, 6.45) is -0.965. The van der Waals surface area contributed by atoms with Gasteiger partial charge in [0, 0.05) is 6.54 Å². The molecule has 1 aromatic carbocycles. The van der Waals surface area contributed by atoms with Gasteiger partial charge in [-0.25, -0.2) is 17.9 Å². The number of nitrogens with one attached hydrogen (secondary N) is 1. The molecule has 0 radical (unpaired) electrons. The van der Waals surface area contributed by atoms with E-state index in [4.69, 9.17) is 4.74 Å². The average molecular weight is 366 g/mol. The largest absolute Gasteiger partial charge is 0.443 e. The van der Waals surface area contributed by atoms with Crippen LogP contribution in [-0.2, 0) is 14.8 Å². The summed E-state index contributed by atoms with van der Waals surface area (Å²) in [6, 6.07) is 8.96. The first-order chi connectivity index (χ1) is 11.4. The van der Waals surface area contributed by atoms with E-state index in [-0.39, 0.29) is 11.4 Å². The van der Waals surface area contributed by atoms with Crippen molar-refractivity contribution in [3.8, 4) is 0 Å². The molecule has 1 aliphatic rings. The highest BCUT2D eigenvalue weighted by atomic mass is 32.2. The van der Waals surface area contributed by atoms with Gasteiger partial charge in [0.05, 0.1) is 11.4 Å². The van der Waals surface area contributed by atoms with Crippen molar-refractivity contribution < 1.29 is 17.9 Å². The predicted molar refractivity (Wildman–Crippen MR) is 93.0 cm³/mol. The van der Waals surface area contributed by atoms with E-state index in [2.05, 4.69) is 4.72 Å². The molecule has 0 bridgehead atoms. The van der Waals surface area contributed by atoms with E-state index in [9.17, 15) is 13.2 Å². The summed E-state index contributed by atoms with van der Waals surface area (Å²) < 4.78 is 32.8. The number of benzene rings is 1. The molecule has 24 heavy (non-hydrogen) atoms. The van der Waals surface area contributed by atoms with E-state index in [1.165, 1.54) is 16.2 Å². The Labute approximate surface area is 145 Å². The number of ether oxygens (including phenoxy) is 1. The monoisotopic (exact) mass is 366 g/mol. The molecule has 8 heteroatoms. The van der Waals surface area contributed by atoms with Crippen LogP contribution in [0.4, 0.5) is 9.80 Å². The zero-order valence-corrected chi connectivity index (χ0v) is 15.0. The number of hydrogen-bond acceptors (Lipinski definition) is 5. The molecule has 0 spiro atoms.